The van der Waals surface area contributed by atoms with E-state index < -0.39 is 0 Å². The minimum absolute atomic E-state index is 0.0271. The lowest BCUT2D eigenvalue weighted by molar-refractivity contribution is -0.159. The Morgan fingerprint density at radius 2 is 1.70 bits per heavy atom. The van der Waals surface area contributed by atoms with Gasteiger partial charge in [-0.3, -0.25) is 9.69 Å². The lowest BCUT2D eigenvalue weighted by Gasteiger charge is -2.53. The molecular weight excluding hydrogens is 318 g/mol. The number of nitrogens with zero attached hydrogens (tertiary/aromatic N) is 1. The van der Waals surface area contributed by atoms with Crippen molar-refractivity contribution in [1.82, 2.24) is 4.90 Å². The molecular formula is C16H30BrNO2. The Balaban J connectivity index is 2.46. The van der Waals surface area contributed by atoms with E-state index >= 15 is 0 Å². The van der Waals surface area contributed by atoms with Gasteiger partial charge in [-0.05, 0) is 47.6 Å². The lowest BCUT2D eigenvalue weighted by Crippen LogP contribution is -2.60. The number of alkyl halides is 1. The van der Waals surface area contributed by atoms with Gasteiger partial charge in [0.1, 0.15) is 6.10 Å². The summed E-state index contributed by atoms with van der Waals surface area (Å²) < 4.78 is 5.71. The summed E-state index contributed by atoms with van der Waals surface area (Å²) in [6, 6.07) is 0. The van der Waals surface area contributed by atoms with Crippen LogP contribution in [0.1, 0.15) is 66.2 Å². The number of unbranched alkanes of at least 4 members (excludes halogenated alkanes) is 2. The Bertz CT molecular complexity index is 310. The predicted octanol–water partition coefficient (Wildman–Crippen LogP) is 4.14. The van der Waals surface area contributed by atoms with E-state index in [1.54, 1.807) is 0 Å². The number of hydrogen-bond donors (Lipinski definition) is 0. The monoisotopic (exact) mass is 347 g/mol. The molecule has 1 aliphatic rings. The van der Waals surface area contributed by atoms with Crippen molar-refractivity contribution in [1.29, 1.82) is 0 Å². The molecule has 0 bridgehead atoms. The number of hydrogen-bond acceptors (Lipinski definition) is 3. The van der Waals surface area contributed by atoms with Crippen molar-refractivity contribution in [3.63, 3.8) is 0 Å². The fourth-order valence-electron chi connectivity index (χ4n) is 3.15. The van der Waals surface area contributed by atoms with Crippen molar-refractivity contribution in [2.45, 2.75) is 83.4 Å². The predicted molar refractivity (Wildman–Crippen MR) is 87.3 cm³/mol. The topological polar surface area (TPSA) is 29.5 Å². The van der Waals surface area contributed by atoms with Crippen molar-refractivity contribution < 1.29 is 9.53 Å². The van der Waals surface area contributed by atoms with Crippen LogP contribution in [0.15, 0.2) is 0 Å². The minimum atomic E-state index is -0.0271. The van der Waals surface area contributed by atoms with Gasteiger partial charge in [-0.15, -0.1) is 0 Å². The van der Waals surface area contributed by atoms with Crippen LogP contribution in [0.25, 0.3) is 0 Å². The molecule has 1 fully saturated rings. The maximum Gasteiger partial charge on any atom is 0.306 e. The maximum atomic E-state index is 11.9. The molecule has 1 aliphatic heterocycles. The second-order valence-electron chi connectivity index (χ2n) is 7.20. The summed E-state index contributed by atoms with van der Waals surface area (Å²) in [6.07, 6.45) is 5.59. The van der Waals surface area contributed by atoms with Gasteiger partial charge < -0.3 is 4.74 Å². The normalized spacial score (nSPS) is 22.7. The van der Waals surface area contributed by atoms with Crippen molar-refractivity contribution in [2.24, 2.45) is 0 Å². The first-order valence-corrected chi connectivity index (χ1v) is 8.80. The highest BCUT2D eigenvalue weighted by Gasteiger charge is 2.44. The third kappa shape index (κ3) is 5.03. The number of rotatable bonds is 6. The minimum Gasteiger partial charge on any atom is -0.462 e. The van der Waals surface area contributed by atoms with E-state index in [0.29, 0.717) is 6.42 Å². The van der Waals surface area contributed by atoms with Crippen LogP contribution < -0.4 is 0 Å². The van der Waals surface area contributed by atoms with E-state index in [9.17, 15) is 4.79 Å². The Hall–Kier alpha value is -0.0900. The highest BCUT2D eigenvalue weighted by molar-refractivity contribution is 9.09. The third-order valence-electron chi connectivity index (χ3n) is 4.58. The first-order chi connectivity index (χ1) is 9.19. The van der Waals surface area contributed by atoms with E-state index in [1.807, 2.05) is 0 Å². The van der Waals surface area contributed by atoms with E-state index in [2.05, 4.69) is 55.6 Å². The highest BCUT2D eigenvalue weighted by atomic mass is 79.9. The van der Waals surface area contributed by atoms with Crippen molar-refractivity contribution >= 4 is 21.9 Å². The van der Waals surface area contributed by atoms with Crippen LogP contribution in [-0.2, 0) is 9.53 Å². The average molecular weight is 348 g/mol. The molecule has 1 rings (SSSR count). The molecule has 4 heteroatoms. The second-order valence-corrected chi connectivity index (χ2v) is 8.00. The quantitative estimate of drug-likeness (QED) is 0.411. The van der Waals surface area contributed by atoms with Gasteiger partial charge >= 0.3 is 5.97 Å². The summed E-state index contributed by atoms with van der Waals surface area (Å²) in [5.41, 5.74) is 0.144. The number of carbonyl (C=O) groups is 1. The Morgan fingerprint density at radius 3 is 2.20 bits per heavy atom. The smallest absolute Gasteiger partial charge is 0.306 e. The van der Waals surface area contributed by atoms with E-state index in [-0.39, 0.29) is 23.2 Å². The molecule has 1 heterocycles. The molecule has 20 heavy (non-hydrogen) atoms. The number of ether oxygens (including phenoxy) is 1. The number of carbonyl (C=O) groups excluding carboxylic acids is 1. The molecule has 0 atom stereocenters. The molecule has 1 saturated heterocycles. The number of esters is 1. The summed E-state index contributed by atoms with van der Waals surface area (Å²) in [4.78, 5) is 14.3. The number of halogens is 1. The zero-order valence-corrected chi connectivity index (χ0v) is 15.3. The van der Waals surface area contributed by atoms with Crippen LogP contribution in [0.4, 0.5) is 0 Å². The Labute approximate surface area is 132 Å². The molecule has 0 aliphatic carbocycles. The fourth-order valence-corrected chi connectivity index (χ4v) is 3.54. The fraction of sp³-hybridized carbons (Fsp3) is 0.938. The number of likely N-dealkylation sites (tertiary alicyclic amines) is 1. The summed E-state index contributed by atoms with van der Waals surface area (Å²) in [7, 11) is 2.16. The summed E-state index contributed by atoms with van der Waals surface area (Å²) in [5.74, 6) is -0.0271. The van der Waals surface area contributed by atoms with E-state index in [0.717, 1.165) is 37.4 Å². The van der Waals surface area contributed by atoms with Crippen LogP contribution in [0.3, 0.4) is 0 Å². The van der Waals surface area contributed by atoms with Gasteiger partial charge in [0.25, 0.3) is 0 Å². The summed E-state index contributed by atoms with van der Waals surface area (Å²) >= 11 is 3.41. The van der Waals surface area contributed by atoms with Gasteiger partial charge in [0.05, 0.1) is 0 Å². The van der Waals surface area contributed by atoms with Gasteiger partial charge in [-0.25, -0.2) is 0 Å². The van der Waals surface area contributed by atoms with Crippen molar-refractivity contribution in [3.8, 4) is 0 Å². The standard InChI is InChI=1S/C16H30BrNO2/c1-15(2)11-13(12-16(3,4)18(15)5)20-14(19)9-7-6-8-10-17/h13H,6-12H2,1-5H3. The van der Waals surface area contributed by atoms with Gasteiger partial charge in [0, 0.05) is 35.7 Å². The molecule has 0 saturated carbocycles. The van der Waals surface area contributed by atoms with Gasteiger partial charge in [0.15, 0.2) is 0 Å². The van der Waals surface area contributed by atoms with Crippen molar-refractivity contribution in [2.75, 3.05) is 12.4 Å². The van der Waals surface area contributed by atoms with Gasteiger partial charge in [0.2, 0.25) is 0 Å². The molecule has 0 N–H and O–H groups in total. The first-order valence-electron chi connectivity index (χ1n) is 7.68. The lowest BCUT2D eigenvalue weighted by atomic mass is 9.79. The molecule has 0 unspecified atom stereocenters. The van der Waals surface area contributed by atoms with E-state index in [1.165, 1.54) is 0 Å². The zero-order chi connectivity index (χ0) is 15.4. The highest BCUT2D eigenvalue weighted by Crippen LogP contribution is 2.38. The summed E-state index contributed by atoms with van der Waals surface area (Å²) in [5, 5.41) is 1.01. The zero-order valence-electron chi connectivity index (χ0n) is 13.7. The molecule has 118 valence electrons. The summed E-state index contributed by atoms with van der Waals surface area (Å²) in [6.45, 7) is 8.91. The Morgan fingerprint density at radius 1 is 1.15 bits per heavy atom. The number of piperidine rings is 1. The maximum absolute atomic E-state index is 11.9. The molecule has 0 amide bonds. The SMILES string of the molecule is CN1C(C)(C)CC(OC(=O)CCCCCBr)CC1(C)C. The van der Waals surface area contributed by atoms with Crippen LogP contribution in [-0.4, -0.2) is 40.4 Å². The molecule has 0 radical (unpaired) electrons. The molecule has 0 aromatic carbocycles. The first kappa shape index (κ1) is 18.0. The molecule has 3 nitrogen and oxygen atoms in total. The second kappa shape index (κ2) is 7.26. The van der Waals surface area contributed by atoms with E-state index in [4.69, 9.17) is 4.74 Å². The average Bonchev–Trinajstić information content (AvgIpc) is 2.31. The van der Waals surface area contributed by atoms with Crippen LogP contribution in [0.2, 0.25) is 0 Å². The molecule has 0 spiro atoms. The van der Waals surface area contributed by atoms with Crippen LogP contribution in [0, 0.1) is 0 Å². The van der Waals surface area contributed by atoms with Crippen molar-refractivity contribution in [3.05, 3.63) is 0 Å². The van der Waals surface area contributed by atoms with Gasteiger partial charge in [-0.2, -0.15) is 0 Å². The van der Waals surface area contributed by atoms with Crippen LogP contribution >= 0.6 is 15.9 Å². The van der Waals surface area contributed by atoms with Gasteiger partial charge in [-0.1, -0.05) is 22.4 Å². The van der Waals surface area contributed by atoms with Crippen LogP contribution in [0.5, 0.6) is 0 Å². The molecule has 0 aromatic heterocycles. The Kier molecular flexibility index (Phi) is 6.52. The molecule has 0 aromatic rings. The largest absolute Gasteiger partial charge is 0.462 e. The third-order valence-corrected chi connectivity index (χ3v) is 5.14.